The van der Waals surface area contributed by atoms with Crippen molar-refractivity contribution < 1.29 is 5.11 Å². The Labute approximate surface area is 134 Å². The molecular formula is C21H26O. The van der Waals surface area contributed by atoms with Crippen molar-refractivity contribution in [1.82, 2.24) is 0 Å². The van der Waals surface area contributed by atoms with Gasteiger partial charge in [0.1, 0.15) is 0 Å². The van der Waals surface area contributed by atoms with E-state index in [2.05, 4.69) is 65.8 Å². The minimum Gasteiger partial charge on any atom is -0.392 e. The van der Waals surface area contributed by atoms with Gasteiger partial charge in [-0.05, 0) is 80.5 Å². The minimum atomic E-state index is 0.0504. The molecule has 1 heteroatoms. The molecule has 0 bridgehead atoms. The maximum atomic E-state index is 9.56. The van der Waals surface area contributed by atoms with Crippen molar-refractivity contribution >= 4 is 5.57 Å². The van der Waals surface area contributed by atoms with Crippen LogP contribution in [0.5, 0.6) is 0 Å². The number of hydrogen-bond donors (Lipinski definition) is 1. The van der Waals surface area contributed by atoms with Crippen molar-refractivity contribution in [2.45, 2.75) is 41.5 Å². The summed E-state index contributed by atoms with van der Waals surface area (Å²) >= 11 is 0. The molecule has 0 aliphatic heterocycles. The highest BCUT2D eigenvalue weighted by Crippen LogP contribution is 2.34. The molecule has 0 radical (unpaired) electrons. The normalized spacial score (nSPS) is 10.7. The van der Waals surface area contributed by atoms with E-state index in [1.807, 2.05) is 6.08 Å². The van der Waals surface area contributed by atoms with Gasteiger partial charge in [-0.15, -0.1) is 0 Å². The molecule has 116 valence electrons. The number of aryl methyl sites for hydroxylation is 6. The molecule has 0 aliphatic rings. The zero-order chi connectivity index (χ0) is 16.4. The summed E-state index contributed by atoms with van der Waals surface area (Å²) in [5.74, 6) is 0. The van der Waals surface area contributed by atoms with Crippen LogP contribution in [0.4, 0.5) is 0 Å². The van der Waals surface area contributed by atoms with E-state index in [4.69, 9.17) is 0 Å². The summed E-state index contributed by atoms with van der Waals surface area (Å²) in [5.41, 5.74) is 11.2. The summed E-state index contributed by atoms with van der Waals surface area (Å²) in [7, 11) is 0. The fourth-order valence-corrected chi connectivity index (χ4v) is 3.63. The lowest BCUT2D eigenvalue weighted by molar-refractivity contribution is 0.343. The van der Waals surface area contributed by atoms with E-state index in [1.165, 1.54) is 44.5 Å². The molecule has 0 amide bonds. The Balaban J connectivity index is 2.77. The molecule has 0 saturated heterocycles. The molecule has 0 fully saturated rings. The summed E-state index contributed by atoms with van der Waals surface area (Å²) in [6, 6.07) is 8.86. The van der Waals surface area contributed by atoms with Gasteiger partial charge in [0.15, 0.2) is 0 Å². The lowest BCUT2D eigenvalue weighted by Crippen LogP contribution is -2.02. The number of benzene rings is 2. The number of hydrogen-bond acceptors (Lipinski definition) is 1. The molecule has 0 heterocycles. The highest BCUT2D eigenvalue weighted by molar-refractivity contribution is 5.86. The summed E-state index contributed by atoms with van der Waals surface area (Å²) in [5, 5.41) is 9.56. The molecule has 2 aromatic rings. The molecule has 0 aliphatic carbocycles. The van der Waals surface area contributed by atoms with E-state index in [0.29, 0.717) is 0 Å². The first kappa shape index (κ1) is 16.5. The highest BCUT2D eigenvalue weighted by Gasteiger charge is 2.15. The van der Waals surface area contributed by atoms with E-state index in [0.717, 1.165) is 5.57 Å². The smallest absolute Gasteiger partial charge is 0.0621 e. The highest BCUT2D eigenvalue weighted by atomic mass is 16.2. The van der Waals surface area contributed by atoms with Gasteiger partial charge in [0, 0.05) is 0 Å². The lowest BCUT2D eigenvalue weighted by atomic mass is 9.85. The first-order chi connectivity index (χ1) is 10.3. The van der Waals surface area contributed by atoms with Crippen LogP contribution >= 0.6 is 0 Å². The van der Waals surface area contributed by atoms with Crippen LogP contribution < -0.4 is 0 Å². The van der Waals surface area contributed by atoms with Crippen LogP contribution in [0.3, 0.4) is 0 Å². The van der Waals surface area contributed by atoms with Crippen LogP contribution in [-0.2, 0) is 0 Å². The predicted octanol–water partition coefficient (Wildman–Crippen LogP) is 4.96. The van der Waals surface area contributed by atoms with Crippen LogP contribution in [0.15, 0.2) is 30.3 Å². The van der Waals surface area contributed by atoms with Gasteiger partial charge < -0.3 is 5.11 Å². The van der Waals surface area contributed by atoms with Crippen LogP contribution in [0.1, 0.15) is 44.5 Å². The zero-order valence-corrected chi connectivity index (χ0v) is 14.5. The van der Waals surface area contributed by atoms with E-state index in [9.17, 15) is 5.11 Å². The minimum absolute atomic E-state index is 0.0504. The first-order valence-corrected chi connectivity index (χ1v) is 7.82. The molecule has 22 heavy (non-hydrogen) atoms. The van der Waals surface area contributed by atoms with Gasteiger partial charge in [-0.2, -0.15) is 0 Å². The first-order valence-electron chi connectivity index (χ1n) is 7.82. The van der Waals surface area contributed by atoms with Crippen LogP contribution in [0, 0.1) is 41.5 Å². The van der Waals surface area contributed by atoms with E-state index >= 15 is 0 Å². The van der Waals surface area contributed by atoms with Gasteiger partial charge in [-0.1, -0.05) is 41.5 Å². The molecule has 0 atom stereocenters. The third-order valence-electron chi connectivity index (χ3n) is 4.19. The quantitative estimate of drug-likeness (QED) is 0.848. The van der Waals surface area contributed by atoms with Gasteiger partial charge in [0.05, 0.1) is 6.61 Å². The largest absolute Gasteiger partial charge is 0.392 e. The number of aliphatic hydroxyl groups excluding tert-OH is 1. The molecule has 1 nitrogen and oxygen atoms in total. The Morgan fingerprint density at radius 3 is 1.32 bits per heavy atom. The van der Waals surface area contributed by atoms with Gasteiger partial charge in [-0.25, -0.2) is 0 Å². The second kappa shape index (κ2) is 6.50. The Morgan fingerprint density at radius 2 is 1.05 bits per heavy atom. The van der Waals surface area contributed by atoms with Gasteiger partial charge in [0.2, 0.25) is 0 Å². The van der Waals surface area contributed by atoms with Crippen molar-refractivity contribution in [1.29, 1.82) is 0 Å². The maximum Gasteiger partial charge on any atom is 0.0621 e. The average molecular weight is 294 g/mol. The van der Waals surface area contributed by atoms with Crippen molar-refractivity contribution in [3.63, 3.8) is 0 Å². The molecule has 0 unspecified atom stereocenters. The standard InChI is InChI=1S/C21H26O/c1-13-9-15(3)20(16(4)10-13)19(7-8-22)21-17(5)11-14(2)12-18(21)6/h7,9-12,22H,8H2,1-6H3. The average Bonchev–Trinajstić information content (AvgIpc) is 2.36. The molecule has 2 aromatic carbocycles. The Hall–Kier alpha value is -1.86. The van der Waals surface area contributed by atoms with Gasteiger partial charge in [-0.3, -0.25) is 0 Å². The predicted molar refractivity (Wildman–Crippen MR) is 95.5 cm³/mol. The summed E-state index contributed by atoms with van der Waals surface area (Å²) < 4.78 is 0. The SMILES string of the molecule is Cc1cc(C)c(C(=CCO)c2c(C)cc(C)cc2C)c(C)c1. The molecule has 0 spiro atoms. The van der Waals surface area contributed by atoms with Crippen molar-refractivity contribution in [3.8, 4) is 0 Å². The van der Waals surface area contributed by atoms with Crippen LogP contribution in [0.2, 0.25) is 0 Å². The molecule has 0 aromatic heterocycles. The fourth-order valence-electron chi connectivity index (χ4n) is 3.63. The molecule has 1 N–H and O–H groups in total. The molecule has 0 saturated carbocycles. The van der Waals surface area contributed by atoms with Crippen molar-refractivity contribution in [2.24, 2.45) is 0 Å². The summed E-state index contributed by atoms with van der Waals surface area (Å²) in [4.78, 5) is 0. The van der Waals surface area contributed by atoms with E-state index in [-0.39, 0.29) is 6.61 Å². The molecular weight excluding hydrogens is 268 g/mol. The number of aliphatic hydroxyl groups is 1. The second-order valence-corrected chi connectivity index (χ2v) is 6.35. The Morgan fingerprint density at radius 1 is 0.727 bits per heavy atom. The van der Waals surface area contributed by atoms with Gasteiger partial charge >= 0.3 is 0 Å². The number of rotatable bonds is 3. The Bertz CT molecular complexity index is 630. The lowest BCUT2D eigenvalue weighted by Gasteiger charge is -2.20. The third kappa shape index (κ3) is 3.15. The maximum absolute atomic E-state index is 9.56. The summed E-state index contributed by atoms with van der Waals surface area (Å²) in [6.45, 7) is 12.9. The van der Waals surface area contributed by atoms with Crippen molar-refractivity contribution in [3.05, 3.63) is 74.8 Å². The monoisotopic (exact) mass is 294 g/mol. The van der Waals surface area contributed by atoms with Crippen molar-refractivity contribution in [2.75, 3.05) is 6.61 Å². The van der Waals surface area contributed by atoms with Crippen LogP contribution in [-0.4, -0.2) is 11.7 Å². The topological polar surface area (TPSA) is 20.2 Å². The second-order valence-electron chi connectivity index (χ2n) is 6.35. The Kier molecular flexibility index (Phi) is 4.87. The molecule has 2 rings (SSSR count). The van der Waals surface area contributed by atoms with Gasteiger partial charge in [0.25, 0.3) is 0 Å². The van der Waals surface area contributed by atoms with E-state index in [1.54, 1.807) is 0 Å². The van der Waals surface area contributed by atoms with Crippen LogP contribution in [0.25, 0.3) is 5.57 Å². The fraction of sp³-hybridized carbons (Fsp3) is 0.333. The summed E-state index contributed by atoms with van der Waals surface area (Å²) in [6.07, 6.45) is 1.94. The third-order valence-corrected chi connectivity index (χ3v) is 4.19. The zero-order valence-electron chi connectivity index (χ0n) is 14.5. The van der Waals surface area contributed by atoms with E-state index < -0.39 is 0 Å².